The summed E-state index contributed by atoms with van der Waals surface area (Å²) in [5, 5.41) is 0. The summed E-state index contributed by atoms with van der Waals surface area (Å²) >= 11 is 3.44. The number of hydrogen-bond acceptors (Lipinski definition) is 3. The maximum atomic E-state index is 14.2. The van der Waals surface area contributed by atoms with E-state index >= 15 is 0 Å². The van der Waals surface area contributed by atoms with Gasteiger partial charge in [-0.3, -0.25) is 0 Å². The third kappa shape index (κ3) is 3.47. The second-order valence-corrected chi connectivity index (χ2v) is 7.28. The number of fused-ring (bicyclic) bond motifs is 1. The topological polar surface area (TPSA) is 35.5 Å². The lowest BCUT2D eigenvalue weighted by atomic mass is 9.93. The first-order valence-corrected chi connectivity index (χ1v) is 9.28. The third-order valence-electron chi connectivity index (χ3n) is 4.71. The first kappa shape index (κ1) is 17.7. The molecule has 3 nitrogen and oxygen atoms in total. The lowest BCUT2D eigenvalue weighted by molar-refractivity contribution is 0.0253. The smallest absolute Gasteiger partial charge is 0.339 e. The molecular weight excluding hydrogens is 411 g/mol. The van der Waals surface area contributed by atoms with E-state index in [0.717, 1.165) is 21.2 Å². The molecule has 5 heteroatoms. The molecule has 0 aliphatic carbocycles. The molecule has 0 saturated carbocycles. The van der Waals surface area contributed by atoms with E-state index < -0.39 is 0 Å². The number of methoxy groups -OCH3 is 1. The van der Waals surface area contributed by atoms with E-state index in [0.29, 0.717) is 23.3 Å². The summed E-state index contributed by atoms with van der Waals surface area (Å²) < 4.78 is 25.9. The molecule has 0 amide bonds. The van der Waals surface area contributed by atoms with Crippen LogP contribution in [0.5, 0.6) is 5.75 Å². The van der Waals surface area contributed by atoms with Crippen molar-refractivity contribution in [2.75, 3.05) is 7.11 Å². The predicted octanol–water partition coefficient (Wildman–Crippen LogP) is 5.72. The molecular formula is C22H16BrFO3. The van der Waals surface area contributed by atoms with Gasteiger partial charge in [0.05, 0.1) is 12.7 Å². The molecule has 0 radical (unpaired) electrons. The van der Waals surface area contributed by atoms with Crippen LogP contribution in [0.2, 0.25) is 0 Å². The minimum atomic E-state index is -0.358. The normalized spacial score (nSPS) is 15.8. The number of ether oxygens (including phenoxy) is 2. The molecule has 1 atom stereocenters. The van der Waals surface area contributed by atoms with Gasteiger partial charge in [0.1, 0.15) is 17.7 Å². The Morgan fingerprint density at radius 1 is 1.04 bits per heavy atom. The summed E-state index contributed by atoms with van der Waals surface area (Å²) in [6.45, 7) is 0. The van der Waals surface area contributed by atoms with E-state index in [-0.39, 0.29) is 17.9 Å². The molecule has 4 rings (SSSR count). The highest BCUT2D eigenvalue weighted by Crippen LogP contribution is 2.34. The van der Waals surface area contributed by atoms with E-state index in [9.17, 15) is 9.18 Å². The van der Waals surface area contributed by atoms with Crippen LogP contribution in [0.15, 0.2) is 65.1 Å². The van der Waals surface area contributed by atoms with Crippen molar-refractivity contribution in [3.63, 3.8) is 0 Å². The van der Waals surface area contributed by atoms with Crippen LogP contribution in [0.1, 0.15) is 27.6 Å². The minimum Gasteiger partial charge on any atom is -0.497 e. The second-order valence-electron chi connectivity index (χ2n) is 6.37. The Bertz CT molecular complexity index is 1010. The number of benzene rings is 3. The Morgan fingerprint density at radius 3 is 2.56 bits per heavy atom. The Kier molecular flexibility index (Phi) is 4.70. The fourth-order valence-electron chi connectivity index (χ4n) is 3.28. The summed E-state index contributed by atoms with van der Waals surface area (Å²) in [5.41, 5.74) is 3.63. The molecule has 1 aliphatic rings. The molecule has 0 fully saturated rings. The first-order chi connectivity index (χ1) is 13.0. The summed E-state index contributed by atoms with van der Waals surface area (Å²) in [4.78, 5) is 12.3. The Morgan fingerprint density at radius 2 is 1.81 bits per heavy atom. The molecule has 0 bridgehead atoms. The zero-order valence-electron chi connectivity index (χ0n) is 14.5. The molecule has 3 aromatic carbocycles. The van der Waals surface area contributed by atoms with Gasteiger partial charge in [-0.1, -0.05) is 40.2 Å². The maximum Gasteiger partial charge on any atom is 0.339 e. The van der Waals surface area contributed by atoms with Crippen LogP contribution in [0.3, 0.4) is 0 Å². The number of hydrogen-bond donors (Lipinski definition) is 0. The minimum absolute atomic E-state index is 0.313. The van der Waals surface area contributed by atoms with Gasteiger partial charge < -0.3 is 9.47 Å². The standard InChI is InChI=1S/C22H16BrFO3/c1-26-17-7-9-20(24)19(12-17)13-2-4-14(5-3-13)21-11-15-10-16(23)6-8-18(15)22(25)27-21/h2-10,12,21H,11H2,1H3. The molecule has 3 aromatic rings. The second kappa shape index (κ2) is 7.16. The van der Waals surface area contributed by atoms with E-state index in [2.05, 4.69) is 15.9 Å². The van der Waals surface area contributed by atoms with E-state index in [4.69, 9.17) is 9.47 Å². The molecule has 1 unspecified atom stereocenters. The summed E-state index contributed by atoms with van der Waals surface area (Å²) in [7, 11) is 1.55. The average molecular weight is 427 g/mol. The van der Waals surface area contributed by atoms with Gasteiger partial charge in [-0.15, -0.1) is 0 Å². The predicted molar refractivity (Wildman–Crippen MR) is 104 cm³/mol. The summed E-state index contributed by atoms with van der Waals surface area (Å²) in [6, 6.07) is 17.6. The fourth-order valence-corrected chi connectivity index (χ4v) is 3.69. The van der Waals surface area contributed by atoms with Crippen molar-refractivity contribution in [2.45, 2.75) is 12.5 Å². The molecule has 0 spiro atoms. The van der Waals surface area contributed by atoms with Gasteiger partial charge >= 0.3 is 5.97 Å². The zero-order valence-corrected chi connectivity index (χ0v) is 16.1. The first-order valence-electron chi connectivity index (χ1n) is 8.48. The molecule has 1 heterocycles. The van der Waals surface area contributed by atoms with Crippen molar-refractivity contribution in [3.8, 4) is 16.9 Å². The van der Waals surface area contributed by atoms with Gasteiger partial charge in [0.15, 0.2) is 0 Å². The highest BCUT2D eigenvalue weighted by Gasteiger charge is 2.27. The van der Waals surface area contributed by atoms with Crippen LogP contribution in [0, 0.1) is 5.82 Å². The lowest BCUT2D eigenvalue weighted by Crippen LogP contribution is -2.21. The Labute approximate surface area is 164 Å². The zero-order chi connectivity index (χ0) is 19.0. The molecule has 0 saturated heterocycles. The van der Waals surface area contributed by atoms with Gasteiger partial charge in [0, 0.05) is 16.5 Å². The van der Waals surface area contributed by atoms with E-state index in [1.54, 1.807) is 25.3 Å². The van der Waals surface area contributed by atoms with Crippen LogP contribution in [-0.4, -0.2) is 13.1 Å². The summed E-state index contributed by atoms with van der Waals surface area (Å²) in [5.74, 6) is -0.0399. The number of rotatable bonds is 3. The maximum absolute atomic E-state index is 14.2. The molecule has 136 valence electrons. The van der Waals surface area contributed by atoms with Crippen LogP contribution < -0.4 is 4.74 Å². The van der Waals surface area contributed by atoms with Crippen molar-refractivity contribution in [2.24, 2.45) is 0 Å². The molecule has 0 N–H and O–H groups in total. The third-order valence-corrected chi connectivity index (χ3v) is 5.20. The van der Waals surface area contributed by atoms with E-state index in [1.165, 1.54) is 6.07 Å². The largest absolute Gasteiger partial charge is 0.497 e. The Balaban J connectivity index is 1.63. The van der Waals surface area contributed by atoms with Gasteiger partial charge in [-0.25, -0.2) is 9.18 Å². The van der Waals surface area contributed by atoms with Crippen molar-refractivity contribution < 1.29 is 18.7 Å². The van der Waals surface area contributed by atoms with Crippen molar-refractivity contribution in [1.29, 1.82) is 0 Å². The van der Waals surface area contributed by atoms with Crippen LogP contribution in [0.4, 0.5) is 4.39 Å². The van der Waals surface area contributed by atoms with Crippen molar-refractivity contribution >= 4 is 21.9 Å². The van der Waals surface area contributed by atoms with Gasteiger partial charge in [0.25, 0.3) is 0 Å². The molecule has 1 aliphatic heterocycles. The number of halogens is 2. The van der Waals surface area contributed by atoms with Crippen molar-refractivity contribution in [3.05, 3.63) is 87.6 Å². The number of cyclic esters (lactones) is 1. The quantitative estimate of drug-likeness (QED) is 0.502. The van der Waals surface area contributed by atoms with Gasteiger partial charge in [-0.05, 0) is 53.1 Å². The SMILES string of the molecule is COc1ccc(F)c(-c2ccc(C3Cc4cc(Br)ccc4C(=O)O3)cc2)c1. The average Bonchev–Trinajstić information content (AvgIpc) is 2.68. The highest BCUT2D eigenvalue weighted by molar-refractivity contribution is 9.10. The van der Waals surface area contributed by atoms with Gasteiger partial charge in [-0.2, -0.15) is 0 Å². The number of esters is 1. The number of carbonyl (C=O) groups is 1. The van der Waals surface area contributed by atoms with Crippen LogP contribution >= 0.6 is 15.9 Å². The highest BCUT2D eigenvalue weighted by atomic mass is 79.9. The molecule has 27 heavy (non-hydrogen) atoms. The number of carbonyl (C=O) groups excluding carboxylic acids is 1. The fraction of sp³-hybridized carbons (Fsp3) is 0.136. The van der Waals surface area contributed by atoms with Gasteiger partial charge in [0.2, 0.25) is 0 Å². The lowest BCUT2D eigenvalue weighted by Gasteiger charge is -2.25. The van der Waals surface area contributed by atoms with Crippen molar-refractivity contribution in [1.82, 2.24) is 0 Å². The molecule has 0 aromatic heterocycles. The Hall–Kier alpha value is -2.66. The van der Waals surface area contributed by atoms with Crippen LogP contribution in [-0.2, 0) is 11.2 Å². The van der Waals surface area contributed by atoms with E-state index in [1.807, 2.05) is 36.4 Å². The monoisotopic (exact) mass is 426 g/mol. The van der Waals surface area contributed by atoms with Crippen LogP contribution in [0.25, 0.3) is 11.1 Å². The summed E-state index contributed by atoms with van der Waals surface area (Å²) in [6.07, 6.45) is 0.247.